The number of hydrogen-bond donors (Lipinski definition) is 1. The van der Waals surface area contributed by atoms with Gasteiger partial charge >= 0.3 is 0 Å². The van der Waals surface area contributed by atoms with Gasteiger partial charge in [-0.1, -0.05) is 148 Å². The smallest absolute Gasteiger partial charge is 0.142 e. The molecule has 0 spiro atoms. The van der Waals surface area contributed by atoms with Crippen LogP contribution in [0, 0.1) is 0 Å². The summed E-state index contributed by atoms with van der Waals surface area (Å²) in [5, 5.41) is 1.26. The number of nitrogens with zero attached hydrogens (tertiary/aromatic N) is 1. The molecule has 0 atom stereocenters. The summed E-state index contributed by atoms with van der Waals surface area (Å²) in [7, 11) is 0. The SMILES string of the molecule is C=C1CC/C(c2ccccc2)=C(/N)N(c2ccccc2)c2ccccc21.CC1(C)c2ccccc2-c2ccc(-c3cccc4c5c(oc34)C=CCC5)cc21. The van der Waals surface area contributed by atoms with Gasteiger partial charge < -0.3 is 10.2 Å². The Morgan fingerprint density at radius 2 is 1.31 bits per heavy atom. The van der Waals surface area contributed by atoms with Crippen molar-refractivity contribution in [1.82, 2.24) is 0 Å². The largest absolute Gasteiger partial charge is 0.456 e. The molecule has 1 aliphatic heterocycles. The Kier molecular flexibility index (Phi) is 8.43. The van der Waals surface area contributed by atoms with E-state index < -0.39 is 0 Å². The predicted octanol–water partition coefficient (Wildman–Crippen LogP) is 13.3. The van der Waals surface area contributed by atoms with Gasteiger partial charge in [0.2, 0.25) is 0 Å². The summed E-state index contributed by atoms with van der Waals surface area (Å²) in [6, 6.07) is 51.4. The first-order valence-corrected chi connectivity index (χ1v) is 19.0. The molecule has 2 heterocycles. The Bertz CT molecular complexity index is 2600. The van der Waals surface area contributed by atoms with Crippen LogP contribution in [0.3, 0.4) is 0 Å². The lowest BCUT2D eigenvalue weighted by molar-refractivity contribution is 0.596. The molecule has 2 aliphatic carbocycles. The zero-order chi connectivity index (χ0) is 36.8. The van der Waals surface area contributed by atoms with Crippen molar-refractivity contribution in [2.24, 2.45) is 5.73 Å². The summed E-state index contributed by atoms with van der Waals surface area (Å²) in [5.41, 5.74) is 23.9. The van der Waals surface area contributed by atoms with Gasteiger partial charge in [0.05, 0.1) is 5.69 Å². The van der Waals surface area contributed by atoms with Gasteiger partial charge in [0, 0.05) is 38.8 Å². The van der Waals surface area contributed by atoms with E-state index in [1.54, 1.807) is 0 Å². The molecule has 0 radical (unpaired) electrons. The molecular weight excluding hydrogens is 657 g/mol. The molecule has 2 N–H and O–H groups in total. The first-order valence-electron chi connectivity index (χ1n) is 19.0. The lowest BCUT2D eigenvalue weighted by Gasteiger charge is -2.32. The van der Waals surface area contributed by atoms with Gasteiger partial charge in [0.25, 0.3) is 0 Å². The molecule has 6 aromatic carbocycles. The van der Waals surface area contributed by atoms with E-state index in [0.717, 1.165) is 76.5 Å². The number of fused-ring (bicyclic) bond motifs is 7. The first-order chi connectivity index (χ1) is 26.4. The minimum atomic E-state index is 0.0149. The highest BCUT2D eigenvalue weighted by Crippen LogP contribution is 2.50. The number of furan rings is 1. The molecule has 0 unspecified atom stereocenters. The van der Waals surface area contributed by atoms with Crippen molar-refractivity contribution >= 4 is 39.6 Å². The van der Waals surface area contributed by atoms with Crippen LogP contribution >= 0.6 is 0 Å². The average molecular weight is 701 g/mol. The third-order valence-electron chi connectivity index (χ3n) is 11.5. The van der Waals surface area contributed by atoms with Gasteiger partial charge in [-0.05, 0) is 95.0 Å². The van der Waals surface area contributed by atoms with E-state index >= 15 is 0 Å². The number of hydrogen-bond acceptors (Lipinski definition) is 3. The highest BCUT2D eigenvalue weighted by Gasteiger charge is 2.35. The second kappa shape index (κ2) is 13.6. The van der Waals surface area contributed by atoms with E-state index in [4.69, 9.17) is 10.2 Å². The standard InChI is InChI=1S/C27H22O.C24H22N2/c1-27(2)23-12-5-3-8-19(23)20-15-14-17(16-24(20)27)18-10-7-11-22-21-9-4-6-13-25(21)28-26(18)22;1-18-16-17-22(19-10-4-2-5-11-19)24(25)26(20-12-6-3-7-13-20)23-15-9-8-14-21(18)23/h3,5-8,10-16H,4,9H2,1-2H3;2-15H,1,16-17,25H2/b;24-22+. The van der Waals surface area contributed by atoms with Crippen LogP contribution in [0.25, 0.3) is 50.4 Å². The lowest BCUT2D eigenvalue weighted by atomic mass is 9.81. The third-order valence-corrected chi connectivity index (χ3v) is 11.5. The third kappa shape index (κ3) is 5.68. The highest BCUT2D eigenvalue weighted by atomic mass is 16.3. The van der Waals surface area contributed by atoms with Crippen molar-refractivity contribution in [2.75, 3.05) is 4.90 Å². The van der Waals surface area contributed by atoms with E-state index in [9.17, 15) is 0 Å². The second-order valence-corrected chi connectivity index (χ2v) is 15.0. The van der Waals surface area contributed by atoms with Gasteiger partial charge in [0.1, 0.15) is 17.2 Å². The van der Waals surface area contributed by atoms with Crippen molar-refractivity contribution in [3.63, 3.8) is 0 Å². The van der Waals surface area contributed by atoms with Gasteiger partial charge in [-0.3, -0.25) is 4.90 Å². The molecule has 54 heavy (non-hydrogen) atoms. The Morgan fingerprint density at radius 1 is 0.630 bits per heavy atom. The molecule has 3 heteroatoms. The van der Waals surface area contributed by atoms with Crippen LogP contribution in [0.15, 0.2) is 168 Å². The number of nitrogens with two attached hydrogens (primary N) is 1. The first kappa shape index (κ1) is 33.5. The van der Waals surface area contributed by atoms with Crippen molar-refractivity contribution < 1.29 is 4.42 Å². The van der Waals surface area contributed by atoms with Crippen LogP contribution in [0.5, 0.6) is 0 Å². The van der Waals surface area contributed by atoms with Crippen molar-refractivity contribution in [1.29, 1.82) is 0 Å². The minimum absolute atomic E-state index is 0.0149. The van der Waals surface area contributed by atoms with Crippen LogP contribution in [0.4, 0.5) is 11.4 Å². The van der Waals surface area contributed by atoms with Crippen molar-refractivity contribution in [3.8, 4) is 22.3 Å². The van der Waals surface area contributed by atoms with Crippen LogP contribution in [-0.2, 0) is 11.8 Å². The lowest BCUT2D eigenvalue weighted by Crippen LogP contribution is -2.26. The maximum absolute atomic E-state index is 6.79. The summed E-state index contributed by atoms with van der Waals surface area (Å²) in [5.74, 6) is 1.81. The quantitative estimate of drug-likeness (QED) is 0.200. The second-order valence-electron chi connectivity index (χ2n) is 15.0. The normalized spacial score (nSPS) is 16.7. The molecule has 0 bridgehead atoms. The molecule has 3 nitrogen and oxygen atoms in total. The summed E-state index contributed by atoms with van der Waals surface area (Å²) in [4.78, 5) is 2.15. The molecule has 0 saturated carbocycles. The van der Waals surface area contributed by atoms with E-state index in [1.165, 1.54) is 44.3 Å². The topological polar surface area (TPSA) is 42.4 Å². The zero-order valence-corrected chi connectivity index (χ0v) is 31.0. The molecule has 10 rings (SSSR count). The minimum Gasteiger partial charge on any atom is -0.456 e. The van der Waals surface area contributed by atoms with Crippen LogP contribution in [-0.4, -0.2) is 0 Å². The molecule has 0 saturated heterocycles. The summed E-state index contributed by atoms with van der Waals surface area (Å²) in [6.45, 7) is 9.01. The summed E-state index contributed by atoms with van der Waals surface area (Å²) in [6.07, 6.45) is 8.26. The predicted molar refractivity (Wildman–Crippen MR) is 227 cm³/mol. The molecule has 1 aromatic heterocycles. The van der Waals surface area contributed by atoms with E-state index in [2.05, 4.69) is 159 Å². The highest BCUT2D eigenvalue weighted by molar-refractivity contribution is 5.97. The number of benzene rings is 6. The molecule has 3 aliphatic rings. The molecular formula is C51H44N2O. The van der Waals surface area contributed by atoms with E-state index in [1.807, 2.05) is 24.3 Å². The fourth-order valence-corrected chi connectivity index (χ4v) is 8.66. The maximum atomic E-state index is 6.79. The summed E-state index contributed by atoms with van der Waals surface area (Å²) >= 11 is 0. The van der Waals surface area contributed by atoms with Crippen LogP contribution in [0.1, 0.15) is 66.7 Å². The van der Waals surface area contributed by atoms with E-state index in [0.29, 0.717) is 0 Å². The van der Waals surface area contributed by atoms with Gasteiger partial charge in [-0.15, -0.1) is 0 Å². The molecule has 0 amide bonds. The molecule has 0 fully saturated rings. The molecule has 7 aromatic rings. The maximum Gasteiger partial charge on any atom is 0.142 e. The number of allylic oxidation sites excluding steroid dienone is 3. The fraction of sp³-hybridized carbons (Fsp3) is 0.137. The molecule has 264 valence electrons. The summed E-state index contributed by atoms with van der Waals surface area (Å²) < 4.78 is 6.32. The number of para-hydroxylation sites is 3. The number of rotatable bonds is 3. The van der Waals surface area contributed by atoms with Crippen LogP contribution in [0.2, 0.25) is 0 Å². The monoisotopic (exact) mass is 700 g/mol. The van der Waals surface area contributed by atoms with Crippen LogP contribution < -0.4 is 10.6 Å². The Labute approximate surface area is 318 Å². The van der Waals surface area contributed by atoms with Crippen molar-refractivity contribution in [3.05, 3.63) is 198 Å². The Balaban J connectivity index is 0.000000143. The fourth-order valence-electron chi connectivity index (χ4n) is 8.66. The number of anilines is 2. The Hall–Kier alpha value is -6.32. The van der Waals surface area contributed by atoms with E-state index in [-0.39, 0.29) is 5.41 Å². The van der Waals surface area contributed by atoms with Gasteiger partial charge in [-0.2, -0.15) is 0 Å². The zero-order valence-electron chi connectivity index (χ0n) is 31.0. The van der Waals surface area contributed by atoms with Gasteiger partial charge in [-0.25, -0.2) is 0 Å². The Morgan fingerprint density at radius 3 is 2.13 bits per heavy atom. The van der Waals surface area contributed by atoms with Crippen molar-refractivity contribution in [2.45, 2.75) is 44.9 Å². The van der Waals surface area contributed by atoms with Gasteiger partial charge in [0.15, 0.2) is 0 Å². The number of aryl methyl sites for hydroxylation is 1. The average Bonchev–Trinajstić information content (AvgIpc) is 3.71.